The van der Waals surface area contributed by atoms with E-state index in [0.29, 0.717) is 16.9 Å². The number of fused-ring (bicyclic) bond motifs is 2. The molecular formula is C14H18N4O5. The topological polar surface area (TPSA) is 112 Å². The fourth-order valence-electron chi connectivity index (χ4n) is 3.23. The number of hydrogen-bond acceptors (Lipinski definition) is 8. The molecule has 0 amide bonds. The highest BCUT2D eigenvalue weighted by Crippen LogP contribution is 2.43. The number of nitrogens with zero attached hydrogens (tertiary/aromatic N) is 4. The average Bonchev–Trinajstić information content (AvgIpc) is 3.17. The number of aromatic nitrogens is 4. The summed E-state index contributed by atoms with van der Waals surface area (Å²) in [7, 11) is 0. The minimum atomic E-state index is -0.744. The van der Waals surface area contributed by atoms with Crippen LogP contribution >= 0.6 is 0 Å². The van der Waals surface area contributed by atoms with Crippen LogP contribution in [-0.2, 0) is 20.8 Å². The fraction of sp³-hybridized carbons (Fsp3) is 0.643. The molecular weight excluding hydrogens is 304 g/mol. The Hall–Kier alpha value is -1.65. The Labute approximate surface area is 131 Å². The summed E-state index contributed by atoms with van der Waals surface area (Å²) in [4.78, 5) is 12.5. The van der Waals surface area contributed by atoms with E-state index in [9.17, 15) is 10.2 Å². The minimum absolute atomic E-state index is 0.166. The highest BCUT2D eigenvalue weighted by Gasteiger charge is 2.55. The molecule has 0 bridgehead atoms. The van der Waals surface area contributed by atoms with Crippen molar-refractivity contribution >= 4 is 11.2 Å². The molecule has 23 heavy (non-hydrogen) atoms. The van der Waals surface area contributed by atoms with E-state index in [1.165, 1.54) is 6.33 Å². The van der Waals surface area contributed by atoms with Crippen LogP contribution < -0.4 is 0 Å². The Morgan fingerprint density at radius 2 is 1.96 bits per heavy atom. The number of hydrogen-bond donors (Lipinski definition) is 2. The molecule has 4 heterocycles. The van der Waals surface area contributed by atoms with Gasteiger partial charge in [0.2, 0.25) is 0 Å². The Morgan fingerprint density at radius 3 is 2.70 bits per heavy atom. The molecule has 2 saturated heterocycles. The zero-order valence-electron chi connectivity index (χ0n) is 12.8. The van der Waals surface area contributed by atoms with Crippen LogP contribution in [0.5, 0.6) is 0 Å². The predicted molar refractivity (Wildman–Crippen MR) is 76.1 cm³/mol. The van der Waals surface area contributed by atoms with Gasteiger partial charge >= 0.3 is 0 Å². The van der Waals surface area contributed by atoms with Gasteiger partial charge in [-0.25, -0.2) is 15.0 Å². The Morgan fingerprint density at radius 1 is 1.17 bits per heavy atom. The van der Waals surface area contributed by atoms with Gasteiger partial charge in [0.05, 0.1) is 25.2 Å². The summed E-state index contributed by atoms with van der Waals surface area (Å²) in [6.07, 6.45) is 1.20. The second-order valence-corrected chi connectivity index (χ2v) is 6.11. The second kappa shape index (κ2) is 5.18. The smallest absolute Gasteiger partial charge is 0.166 e. The molecule has 2 aromatic heterocycles. The van der Waals surface area contributed by atoms with Gasteiger partial charge in [-0.2, -0.15) is 0 Å². The van der Waals surface area contributed by atoms with Crippen molar-refractivity contribution in [1.82, 2.24) is 19.5 Å². The van der Waals surface area contributed by atoms with Crippen LogP contribution in [0.25, 0.3) is 11.2 Å². The maximum Gasteiger partial charge on any atom is 0.166 e. The first-order valence-corrected chi connectivity index (χ1v) is 7.43. The standard InChI is InChI=1S/C14H18N4O5/c1-14(2)22-10-8(4-20)21-13(11(10)23-14)18-6-17-9-7(3-19)15-5-16-12(9)18/h5-6,8,10-11,13,19-20H,3-4H2,1-2H3/t8-,10-,11-,13-/m1/s1. The first-order chi connectivity index (χ1) is 11.0. The lowest BCUT2D eigenvalue weighted by Crippen LogP contribution is -2.31. The Bertz CT molecular complexity index is 733. The molecule has 0 unspecified atom stereocenters. The molecule has 124 valence electrons. The van der Waals surface area contributed by atoms with Gasteiger partial charge in [0.1, 0.15) is 30.2 Å². The summed E-state index contributed by atoms with van der Waals surface area (Å²) in [6, 6.07) is 0. The molecule has 2 aromatic rings. The van der Waals surface area contributed by atoms with Crippen molar-refractivity contribution in [2.24, 2.45) is 0 Å². The van der Waals surface area contributed by atoms with Gasteiger partial charge in [-0.05, 0) is 13.8 Å². The first-order valence-electron chi connectivity index (χ1n) is 7.43. The highest BCUT2D eigenvalue weighted by molar-refractivity contribution is 5.73. The summed E-state index contributed by atoms with van der Waals surface area (Å²) < 4.78 is 19.4. The summed E-state index contributed by atoms with van der Waals surface area (Å²) in [6.45, 7) is 3.27. The van der Waals surface area contributed by atoms with Crippen molar-refractivity contribution < 1.29 is 24.4 Å². The van der Waals surface area contributed by atoms with Gasteiger partial charge in [0.15, 0.2) is 17.7 Å². The maximum atomic E-state index is 9.55. The molecule has 0 radical (unpaired) electrons. The molecule has 0 saturated carbocycles. The van der Waals surface area contributed by atoms with E-state index in [4.69, 9.17) is 14.2 Å². The van der Waals surface area contributed by atoms with E-state index in [0.717, 1.165) is 0 Å². The average molecular weight is 322 g/mol. The van der Waals surface area contributed by atoms with Gasteiger partial charge in [-0.15, -0.1) is 0 Å². The molecule has 2 fully saturated rings. The predicted octanol–water partition coefficient (Wildman–Crippen LogP) is -0.272. The van der Waals surface area contributed by atoms with Crippen LogP contribution in [0.4, 0.5) is 0 Å². The zero-order chi connectivity index (χ0) is 16.2. The maximum absolute atomic E-state index is 9.55. The van der Waals surface area contributed by atoms with E-state index in [-0.39, 0.29) is 25.4 Å². The van der Waals surface area contributed by atoms with Crippen LogP contribution in [-0.4, -0.2) is 60.4 Å². The normalized spacial score (nSPS) is 32.5. The first kappa shape index (κ1) is 14.9. The summed E-state index contributed by atoms with van der Waals surface area (Å²) in [5.74, 6) is -0.744. The van der Waals surface area contributed by atoms with E-state index < -0.39 is 18.1 Å². The summed E-state index contributed by atoms with van der Waals surface area (Å²) in [5, 5.41) is 18.9. The molecule has 9 heteroatoms. The molecule has 9 nitrogen and oxygen atoms in total. The number of ether oxygens (including phenoxy) is 3. The second-order valence-electron chi connectivity index (χ2n) is 6.11. The van der Waals surface area contributed by atoms with Gasteiger partial charge in [-0.1, -0.05) is 0 Å². The molecule has 2 N–H and O–H groups in total. The number of rotatable bonds is 3. The van der Waals surface area contributed by atoms with Crippen LogP contribution in [0.15, 0.2) is 12.7 Å². The van der Waals surface area contributed by atoms with Crippen molar-refractivity contribution in [1.29, 1.82) is 0 Å². The van der Waals surface area contributed by atoms with E-state index in [1.54, 1.807) is 10.9 Å². The highest BCUT2D eigenvalue weighted by atomic mass is 16.8. The van der Waals surface area contributed by atoms with Gasteiger partial charge < -0.3 is 24.4 Å². The minimum Gasteiger partial charge on any atom is -0.394 e. The van der Waals surface area contributed by atoms with Crippen LogP contribution in [0.3, 0.4) is 0 Å². The van der Waals surface area contributed by atoms with Crippen LogP contribution in [0.1, 0.15) is 25.8 Å². The molecule has 4 rings (SSSR count). The van der Waals surface area contributed by atoms with Crippen molar-refractivity contribution in [3.05, 3.63) is 18.3 Å². The van der Waals surface area contributed by atoms with E-state index in [1.807, 2.05) is 13.8 Å². The van der Waals surface area contributed by atoms with Crippen molar-refractivity contribution in [2.45, 2.75) is 50.8 Å². The van der Waals surface area contributed by atoms with Crippen LogP contribution in [0, 0.1) is 0 Å². The molecule has 0 spiro atoms. The van der Waals surface area contributed by atoms with Crippen molar-refractivity contribution in [3.63, 3.8) is 0 Å². The summed E-state index contributed by atoms with van der Waals surface area (Å²) in [5.41, 5.74) is 1.51. The number of imidazole rings is 1. The van der Waals surface area contributed by atoms with E-state index >= 15 is 0 Å². The third-order valence-corrected chi connectivity index (χ3v) is 4.16. The lowest BCUT2D eigenvalue weighted by atomic mass is 10.1. The van der Waals surface area contributed by atoms with Gasteiger partial charge in [-0.3, -0.25) is 4.57 Å². The molecule has 2 aliphatic rings. The van der Waals surface area contributed by atoms with Crippen molar-refractivity contribution in [3.8, 4) is 0 Å². The van der Waals surface area contributed by atoms with E-state index in [2.05, 4.69) is 15.0 Å². The van der Waals surface area contributed by atoms with Crippen LogP contribution in [0.2, 0.25) is 0 Å². The quantitative estimate of drug-likeness (QED) is 0.794. The third-order valence-electron chi connectivity index (χ3n) is 4.16. The molecule has 0 aromatic carbocycles. The monoisotopic (exact) mass is 322 g/mol. The molecule has 2 aliphatic heterocycles. The SMILES string of the molecule is CC1(C)O[C@@H]2[C@H](O1)[C@@H](CO)O[C@H]2n1cnc2c(CO)ncnc21. The Balaban J connectivity index is 1.76. The molecule has 4 atom stereocenters. The number of aliphatic hydroxyl groups excluding tert-OH is 2. The largest absolute Gasteiger partial charge is 0.394 e. The number of aliphatic hydroxyl groups is 2. The lowest BCUT2D eigenvalue weighted by Gasteiger charge is -2.24. The van der Waals surface area contributed by atoms with Gasteiger partial charge in [0, 0.05) is 0 Å². The Kier molecular flexibility index (Phi) is 3.36. The van der Waals surface area contributed by atoms with Crippen molar-refractivity contribution in [2.75, 3.05) is 6.61 Å². The lowest BCUT2D eigenvalue weighted by molar-refractivity contribution is -0.199. The zero-order valence-corrected chi connectivity index (χ0v) is 12.8. The summed E-state index contributed by atoms with van der Waals surface area (Å²) >= 11 is 0. The van der Waals surface area contributed by atoms with Gasteiger partial charge in [0.25, 0.3) is 0 Å². The third kappa shape index (κ3) is 2.24. The fourth-order valence-corrected chi connectivity index (χ4v) is 3.23. The molecule has 0 aliphatic carbocycles.